The predicted octanol–water partition coefficient (Wildman–Crippen LogP) is 7.79. The molecule has 0 aliphatic rings. The van der Waals surface area contributed by atoms with Crippen LogP contribution >= 0.6 is 0 Å². The van der Waals surface area contributed by atoms with E-state index in [2.05, 4.69) is 12.2 Å². The van der Waals surface area contributed by atoms with Gasteiger partial charge in [-0.25, -0.2) is 4.79 Å². The van der Waals surface area contributed by atoms with Crippen LogP contribution in [0.15, 0.2) is 0 Å². The number of carboxylic acids is 1. The van der Waals surface area contributed by atoms with Crippen molar-refractivity contribution in [1.82, 2.24) is 5.32 Å². The molecular formula is C26H51NO3. The number of hydrogen-bond acceptors (Lipinski definition) is 2. The Bertz CT molecular complexity index is 398. The van der Waals surface area contributed by atoms with Gasteiger partial charge in [-0.3, -0.25) is 4.79 Å². The average molecular weight is 426 g/mol. The largest absolute Gasteiger partial charge is 0.480 e. The summed E-state index contributed by atoms with van der Waals surface area (Å²) in [5, 5.41) is 11.6. The lowest BCUT2D eigenvalue weighted by Crippen LogP contribution is -2.39. The van der Waals surface area contributed by atoms with E-state index < -0.39 is 12.0 Å². The van der Waals surface area contributed by atoms with E-state index in [0.717, 1.165) is 12.8 Å². The maximum Gasteiger partial charge on any atom is 0.326 e. The van der Waals surface area contributed by atoms with Gasteiger partial charge in [-0.05, 0) is 6.42 Å². The summed E-state index contributed by atoms with van der Waals surface area (Å²) in [6.07, 6.45) is 27.3. The summed E-state index contributed by atoms with van der Waals surface area (Å²) >= 11 is 0. The second-order valence-corrected chi connectivity index (χ2v) is 9.10. The van der Waals surface area contributed by atoms with Crippen LogP contribution in [0.25, 0.3) is 0 Å². The van der Waals surface area contributed by atoms with E-state index >= 15 is 0 Å². The quantitative estimate of drug-likeness (QED) is 0.164. The maximum atomic E-state index is 11.1. The van der Waals surface area contributed by atoms with Gasteiger partial charge in [0.05, 0.1) is 0 Å². The van der Waals surface area contributed by atoms with Crippen molar-refractivity contribution in [3.8, 4) is 0 Å². The predicted molar refractivity (Wildman–Crippen MR) is 128 cm³/mol. The van der Waals surface area contributed by atoms with Crippen molar-refractivity contribution in [1.29, 1.82) is 0 Å². The Morgan fingerprint density at radius 1 is 0.600 bits per heavy atom. The Labute approximate surface area is 187 Å². The molecule has 0 aromatic rings. The van der Waals surface area contributed by atoms with Crippen molar-refractivity contribution >= 4 is 11.9 Å². The van der Waals surface area contributed by atoms with E-state index in [1.54, 1.807) is 0 Å². The molecule has 1 unspecified atom stereocenters. The molecule has 0 rings (SSSR count). The monoisotopic (exact) mass is 425 g/mol. The number of hydrogen-bond donors (Lipinski definition) is 2. The third-order valence-corrected chi connectivity index (χ3v) is 6.02. The molecule has 0 heterocycles. The summed E-state index contributed by atoms with van der Waals surface area (Å²) in [7, 11) is 0. The van der Waals surface area contributed by atoms with Gasteiger partial charge in [-0.1, -0.05) is 135 Å². The fourth-order valence-electron chi connectivity index (χ4n) is 4.11. The van der Waals surface area contributed by atoms with E-state index in [-0.39, 0.29) is 5.91 Å². The van der Waals surface area contributed by atoms with Crippen molar-refractivity contribution in [2.45, 2.75) is 155 Å². The van der Waals surface area contributed by atoms with Gasteiger partial charge in [0.15, 0.2) is 0 Å². The standard InChI is InChI=1S/C26H51NO3/c1-3-4-5-6-7-8-9-10-11-12-13-14-15-16-17-18-19-20-21-22-23-25(26(29)30)27-24(2)28/h25H,3-23H2,1-2H3,(H,27,28)(H,29,30). The normalized spacial score (nSPS) is 12.1. The van der Waals surface area contributed by atoms with E-state index in [1.807, 2.05) is 0 Å². The zero-order valence-electron chi connectivity index (χ0n) is 20.2. The first-order valence-electron chi connectivity index (χ1n) is 13.1. The van der Waals surface area contributed by atoms with E-state index in [9.17, 15) is 9.59 Å². The highest BCUT2D eigenvalue weighted by molar-refractivity contribution is 5.81. The van der Waals surface area contributed by atoms with Gasteiger partial charge in [-0.15, -0.1) is 0 Å². The van der Waals surface area contributed by atoms with E-state index in [1.165, 1.54) is 122 Å². The van der Waals surface area contributed by atoms with Gasteiger partial charge in [-0.2, -0.15) is 0 Å². The fraction of sp³-hybridized carbons (Fsp3) is 0.923. The van der Waals surface area contributed by atoms with Gasteiger partial charge >= 0.3 is 5.97 Å². The van der Waals surface area contributed by atoms with Crippen LogP contribution in [-0.2, 0) is 9.59 Å². The Morgan fingerprint density at radius 3 is 1.17 bits per heavy atom. The van der Waals surface area contributed by atoms with Gasteiger partial charge in [0.2, 0.25) is 5.91 Å². The van der Waals surface area contributed by atoms with Crippen LogP contribution in [0.1, 0.15) is 149 Å². The van der Waals surface area contributed by atoms with Crippen LogP contribution in [0.2, 0.25) is 0 Å². The molecule has 0 saturated heterocycles. The lowest BCUT2D eigenvalue weighted by molar-refractivity contribution is -0.141. The number of carbonyl (C=O) groups excluding carboxylic acids is 1. The van der Waals surface area contributed by atoms with Crippen LogP contribution in [0.4, 0.5) is 0 Å². The highest BCUT2D eigenvalue weighted by Crippen LogP contribution is 2.15. The second-order valence-electron chi connectivity index (χ2n) is 9.10. The lowest BCUT2D eigenvalue weighted by atomic mass is 10.0. The molecule has 0 radical (unpaired) electrons. The molecule has 0 aromatic heterocycles. The number of rotatable bonds is 23. The summed E-state index contributed by atoms with van der Waals surface area (Å²) in [5.41, 5.74) is 0. The Balaban J connectivity index is 3.21. The Morgan fingerprint density at radius 2 is 0.900 bits per heavy atom. The SMILES string of the molecule is CCCCCCCCCCCCCCCCCCCCCCC(NC(C)=O)C(=O)O. The molecule has 0 fully saturated rings. The smallest absolute Gasteiger partial charge is 0.326 e. The first kappa shape index (κ1) is 28.9. The Kier molecular flexibility index (Phi) is 21.8. The number of amides is 1. The molecule has 1 amide bonds. The van der Waals surface area contributed by atoms with Crippen molar-refractivity contribution in [2.75, 3.05) is 0 Å². The van der Waals surface area contributed by atoms with Crippen molar-refractivity contribution < 1.29 is 14.7 Å². The first-order valence-corrected chi connectivity index (χ1v) is 13.1. The maximum absolute atomic E-state index is 11.1. The summed E-state index contributed by atoms with van der Waals surface area (Å²) in [4.78, 5) is 22.0. The summed E-state index contributed by atoms with van der Waals surface area (Å²) in [5.74, 6) is -1.20. The number of carboxylic acid groups (broad SMARTS) is 1. The molecule has 178 valence electrons. The minimum absolute atomic E-state index is 0.268. The molecule has 4 nitrogen and oxygen atoms in total. The molecule has 0 aliphatic heterocycles. The van der Waals surface area contributed by atoms with Gasteiger partial charge in [0, 0.05) is 6.92 Å². The van der Waals surface area contributed by atoms with Crippen molar-refractivity contribution in [3.05, 3.63) is 0 Å². The van der Waals surface area contributed by atoms with Gasteiger partial charge < -0.3 is 10.4 Å². The van der Waals surface area contributed by atoms with E-state index in [0.29, 0.717) is 6.42 Å². The molecule has 1 atom stereocenters. The van der Waals surface area contributed by atoms with Crippen LogP contribution in [0.3, 0.4) is 0 Å². The average Bonchev–Trinajstić information content (AvgIpc) is 2.71. The molecule has 0 saturated carbocycles. The fourth-order valence-corrected chi connectivity index (χ4v) is 4.11. The Hall–Kier alpha value is -1.06. The minimum atomic E-state index is -0.928. The zero-order chi connectivity index (χ0) is 22.3. The topological polar surface area (TPSA) is 66.4 Å². The molecular weight excluding hydrogens is 374 g/mol. The molecule has 30 heavy (non-hydrogen) atoms. The molecule has 0 aliphatic carbocycles. The molecule has 0 spiro atoms. The van der Waals surface area contributed by atoms with E-state index in [4.69, 9.17) is 5.11 Å². The molecule has 4 heteroatoms. The minimum Gasteiger partial charge on any atom is -0.480 e. The summed E-state index contributed by atoms with van der Waals surface area (Å²) < 4.78 is 0. The van der Waals surface area contributed by atoms with Crippen molar-refractivity contribution in [3.63, 3.8) is 0 Å². The molecule has 0 aromatic carbocycles. The van der Waals surface area contributed by atoms with Gasteiger partial charge in [0.25, 0.3) is 0 Å². The zero-order valence-corrected chi connectivity index (χ0v) is 20.2. The highest BCUT2D eigenvalue weighted by atomic mass is 16.4. The number of nitrogens with one attached hydrogen (secondary N) is 1. The van der Waals surface area contributed by atoms with Crippen molar-refractivity contribution in [2.24, 2.45) is 0 Å². The summed E-state index contributed by atoms with van der Waals surface area (Å²) in [6, 6.07) is -0.724. The summed E-state index contributed by atoms with van der Waals surface area (Å²) in [6.45, 7) is 3.65. The molecule has 2 N–H and O–H groups in total. The molecule has 0 bridgehead atoms. The third kappa shape index (κ3) is 21.6. The van der Waals surface area contributed by atoms with Crippen LogP contribution in [0.5, 0.6) is 0 Å². The second kappa shape index (κ2) is 22.6. The number of carbonyl (C=O) groups is 2. The number of unbranched alkanes of at least 4 members (excludes halogenated alkanes) is 19. The number of aliphatic carboxylic acids is 1. The highest BCUT2D eigenvalue weighted by Gasteiger charge is 2.17. The van der Waals surface area contributed by atoms with Crippen LogP contribution in [-0.4, -0.2) is 23.0 Å². The van der Waals surface area contributed by atoms with Gasteiger partial charge in [0.1, 0.15) is 6.04 Å². The first-order chi connectivity index (χ1) is 14.6. The van der Waals surface area contributed by atoms with Crippen LogP contribution in [0, 0.1) is 0 Å². The van der Waals surface area contributed by atoms with Crippen LogP contribution < -0.4 is 5.32 Å². The third-order valence-electron chi connectivity index (χ3n) is 6.02. The lowest BCUT2D eigenvalue weighted by Gasteiger charge is -2.12.